The summed E-state index contributed by atoms with van der Waals surface area (Å²) < 4.78 is 0. The van der Waals surface area contributed by atoms with Crippen LogP contribution in [0.15, 0.2) is 24.3 Å². The SMILES string of the molecule is O=C1CCCCC(C(=O)NCc2ccccc2CN2CCCC2=O)N1. The lowest BCUT2D eigenvalue weighted by Crippen LogP contribution is -2.45. The third kappa shape index (κ3) is 4.59. The average molecular weight is 343 g/mol. The maximum atomic E-state index is 12.4. The lowest BCUT2D eigenvalue weighted by Gasteiger charge is -2.19. The van der Waals surface area contributed by atoms with E-state index in [9.17, 15) is 14.4 Å². The van der Waals surface area contributed by atoms with Gasteiger partial charge in [-0.3, -0.25) is 14.4 Å². The Morgan fingerprint density at radius 1 is 1.12 bits per heavy atom. The van der Waals surface area contributed by atoms with Gasteiger partial charge >= 0.3 is 0 Å². The highest BCUT2D eigenvalue weighted by Crippen LogP contribution is 2.17. The van der Waals surface area contributed by atoms with Gasteiger partial charge < -0.3 is 15.5 Å². The molecule has 2 heterocycles. The molecular formula is C19H25N3O3. The van der Waals surface area contributed by atoms with Gasteiger partial charge in [0.1, 0.15) is 6.04 Å². The second kappa shape index (κ2) is 8.14. The summed E-state index contributed by atoms with van der Waals surface area (Å²) in [5, 5.41) is 5.73. The lowest BCUT2D eigenvalue weighted by atomic mass is 10.1. The zero-order valence-electron chi connectivity index (χ0n) is 14.4. The van der Waals surface area contributed by atoms with E-state index in [0.717, 1.165) is 36.9 Å². The number of rotatable bonds is 5. The maximum absolute atomic E-state index is 12.4. The monoisotopic (exact) mass is 343 g/mol. The Labute approximate surface area is 148 Å². The van der Waals surface area contributed by atoms with Crippen molar-refractivity contribution in [1.82, 2.24) is 15.5 Å². The first-order valence-corrected chi connectivity index (χ1v) is 9.05. The van der Waals surface area contributed by atoms with Crippen LogP contribution in [0.4, 0.5) is 0 Å². The molecule has 25 heavy (non-hydrogen) atoms. The molecule has 2 aliphatic heterocycles. The molecule has 134 valence electrons. The van der Waals surface area contributed by atoms with Crippen LogP contribution < -0.4 is 10.6 Å². The molecule has 2 fully saturated rings. The van der Waals surface area contributed by atoms with E-state index in [4.69, 9.17) is 0 Å². The fraction of sp³-hybridized carbons (Fsp3) is 0.526. The molecule has 0 aromatic heterocycles. The van der Waals surface area contributed by atoms with Gasteiger partial charge in [0.25, 0.3) is 0 Å². The van der Waals surface area contributed by atoms with Gasteiger partial charge in [-0.1, -0.05) is 30.7 Å². The number of benzene rings is 1. The molecular weight excluding hydrogens is 318 g/mol. The number of hydrogen-bond acceptors (Lipinski definition) is 3. The predicted molar refractivity (Wildman–Crippen MR) is 93.3 cm³/mol. The second-order valence-corrected chi connectivity index (χ2v) is 6.77. The first-order valence-electron chi connectivity index (χ1n) is 9.05. The Hall–Kier alpha value is -2.37. The maximum Gasteiger partial charge on any atom is 0.242 e. The third-order valence-corrected chi connectivity index (χ3v) is 4.90. The molecule has 0 saturated carbocycles. The summed E-state index contributed by atoms with van der Waals surface area (Å²) in [4.78, 5) is 37.7. The number of hydrogen-bond donors (Lipinski definition) is 2. The second-order valence-electron chi connectivity index (χ2n) is 6.77. The van der Waals surface area contributed by atoms with Crippen molar-refractivity contribution in [2.45, 2.75) is 57.7 Å². The van der Waals surface area contributed by atoms with Crippen molar-refractivity contribution in [2.75, 3.05) is 6.54 Å². The predicted octanol–water partition coefficient (Wildman–Crippen LogP) is 1.48. The summed E-state index contributed by atoms with van der Waals surface area (Å²) in [5.41, 5.74) is 2.07. The fourth-order valence-electron chi connectivity index (χ4n) is 3.44. The Balaban J connectivity index is 1.60. The Bertz CT molecular complexity index is 659. The van der Waals surface area contributed by atoms with Gasteiger partial charge in [-0.15, -0.1) is 0 Å². The molecule has 6 nitrogen and oxygen atoms in total. The first kappa shape index (κ1) is 17.5. The summed E-state index contributed by atoms with van der Waals surface area (Å²) in [6.45, 7) is 1.79. The van der Waals surface area contributed by atoms with Crippen molar-refractivity contribution in [1.29, 1.82) is 0 Å². The first-order chi connectivity index (χ1) is 12.1. The third-order valence-electron chi connectivity index (χ3n) is 4.90. The molecule has 6 heteroatoms. The molecule has 1 aromatic rings. The van der Waals surface area contributed by atoms with Gasteiger partial charge in [0.2, 0.25) is 17.7 Å². The number of carbonyl (C=O) groups is 3. The molecule has 0 spiro atoms. The Morgan fingerprint density at radius 2 is 1.92 bits per heavy atom. The Kier molecular flexibility index (Phi) is 5.68. The zero-order valence-corrected chi connectivity index (χ0v) is 14.4. The topological polar surface area (TPSA) is 78.5 Å². The number of amides is 3. The highest BCUT2D eigenvalue weighted by Gasteiger charge is 2.24. The number of carbonyl (C=O) groups excluding carboxylic acids is 3. The number of nitrogens with one attached hydrogen (secondary N) is 2. The molecule has 3 amide bonds. The van der Waals surface area contributed by atoms with E-state index in [1.54, 1.807) is 0 Å². The van der Waals surface area contributed by atoms with Crippen LogP contribution in [0.1, 0.15) is 49.7 Å². The molecule has 2 N–H and O–H groups in total. The smallest absolute Gasteiger partial charge is 0.242 e. The van der Waals surface area contributed by atoms with Crippen molar-refractivity contribution in [3.8, 4) is 0 Å². The van der Waals surface area contributed by atoms with Crippen LogP contribution in [0.3, 0.4) is 0 Å². The average Bonchev–Trinajstić information content (AvgIpc) is 2.88. The van der Waals surface area contributed by atoms with Crippen LogP contribution in [0, 0.1) is 0 Å². The van der Waals surface area contributed by atoms with Crippen molar-refractivity contribution < 1.29 is 14.4 Å². The van der Waals surface area contributed by atoms with E-state index >= 15 is 0 Å². The number of likely N-dealkylation sites (tertiary alicyclic amines) is 1. The van der Waals surface area contributed by atoms with E-state index in [1.165, 1.54) is 0 Å². The van der Waals surface area contributed by atoms with E-state index in [2.05, 4.69) is 10.6 Å². The summed E-state index contributed by atoms with van der Waals surface area (Å²) in [6, 6.07) is 7.42. The summed E-state index contributed by atoms with van der Waals surface area (Å²) in [6.07, 6.45) is 4.43. The van der Waals surface area contributed by atoms with Crippen LogP contribution in [0.2, 0.25) is 0 Å². The van der Waals surface area contributed by atoms with Gasteiger partial charge in [-0.2, -0.15) is 0 Å². The minimum atomic E-state index is -0.442. The van der Waals surface area contributed by atoms with Crippen molar-refractivity contribution in [3.63, 3.8) is 0 Å². The molecule has 1 unspecified atom stereocenters. The van der Waals surface area contributed by atoms with E-state index in [-0.39, 0.29) is 17.7 Å². The molecule has 2 saturated heterocycles. The van der Waals surface area contributed by atoms with E-state index < -0.39 is 6.04 Å². The molecule has 2 aliphatic rings. The van der Waals surface area contributed by atoms with Crippen LogP contribution in [0.25, 0.3) is 0 Å². The largest absolute Gasteiger partial charge is 0.350 e. The summed E-state index contributed by atoms with van der Waals surface area (Å²) in [5.74, 6) is 0.00732. The van der Waals surface area contributed by atoms with Crippen molar-refractivity contribution >= 4 is 17.7 Å². The quantitative estimate of drug-likeness (QED) is 0.850. The zero-order chi connectivity index (χ0) is 17.6. The molecule has 1 atom stereocenters. The van der Waals surface area contributed by atoms with E-state index in [1.807, 2.05) is 29.2 Å². The van der Waals surface area contributed by atoms with Crippen molar-refractivity contribution in [3.05, 3.63) is 35.4 Å². The highest BCUT2D eigenvalue weighted by molar-refractivity contribution is 5.87. The molecule has 1 aromatic carbocycles. The molecule has 0 radical (unpaired) electrons. The summed E-state index contributed by atoms with van der Waals surface area (Å²) in [7, 11) is 0. The van der Waals surface area contributed by atoms with Gasteiger partial charge in [0.15, 0.2) is 0 Å². The van der Waals surface area contributed by atoms with Crippen molar-refractivity contribution in [2.24, 2.45) is 0 Å². The Morgan fingerprint density at radius 3 is 2.68 bits per heavy atom. The fourth-order valence-corrected chi connectivity index (χ4v) is 3.44. The molecule has 0 bridgehead atoms. The van der Waals surface area contributed by atoms with Gasteiger partial charge in [-0.25, -0.2) is 0 Å². The minimum absolute atomic E-state index is 0.0504. The highest BCUT2D eigenvalue weighted by atomic mass is 16.2. The molecule has 0 aliphatic carbocycles. The van der Waals surface area contributed by atoms with Crippen LogP contribution in [0.5, 0.6) is 0 Å². The van der Waals surface area contributed by atoms with Crippen LogP contribution >= 0.6 is 0 Å². The normalized spacial score (nSPS) is 21.0. The van der Waals surface area contributed by atoms with Gasteiger partial charge in [0.05, 0.1) is 0 Å². The summed E-state index contributed by atoms with van der Waals surface area (Å²) >= 11 is 0. The van der Waals surface area contributed by atoms with E-state index in [0.29, 0.717) is 32.4 Å². The van der Waals surface area contributed by atoms with Crippen LogP contribution in [-0.2, 0) is 27.5 Å². The minimum Gasteiger partial charge on any atom is -0.350 e. The van der Waals surface area contributed by atoms with Gasteiger partial charge in [-0.05, 0) is 30.4 Å². The standard InChI is InChI=1S/C19H25N3O3/c23-17-9-4-3-8-16(21-17)19(25)20-12-14-6-1-2-7-15(14)13-22-11-5-10-18(22)24/h1-2,6-7,16H,3-5,8-13H2,(H,20,25)(H,21,23). The molecule has 3 rings (SSSR count). The van der Waals surface area contributed by atoms with Crippen LogP contribution in [-0.4, -0.2) is 35.2 Å². The number of nitrogens with zero attached hydrogens (tertiary/aromatic N) is 1. The lowest BCUT2D eigenvalue weighted by molar-refractivity contribution is -0.128. The van der Waals surface area contributed by atoms with Gasteiger partial charge in [0, 0.05) is 32.5 Å².